The topological polar surface area (TPSA) is 160 Å². The molecule has 0 aromatic heterocycles. The first kappa shape index (κ1) is 29.2. The molecule has 0 radical (unpaired) electrons. The standard InChI is InChI=1S/C4H6O5.Ca.2H2O.Zn/c5-2(4(8)9)1-3(6)7;;;;/h2,5H,1H2,(H,6,7)(H,8,9);;2*1H2;/q;+2;;;+2/p-4. The maximum absolute atomic E-state index is 9.58. The largest absolute Gasteiger partial charge is 2.00 e. The Balaban J connectivity index is -0.0000000533. The van der Waals surface area contributed by atoms with Crippen LogP contribution in [0.15, 0.2) is 0 Å². The van der Waals surface area contributed by atoms with Crippen LogP contribution >= 0.6 is 0 Å². The third-order valence-corrected chi connectivity index (χ3v) is 0.632. The zero-order chi connectivity index (χ0) is 7.44. The molecule has 0 heterocycles. The molecular weight excluding hydrogens is 266 g/mol. The molecule has 0 aliphatic rings. The van der Waals surface area contributed by atoms with Crippen molar-refractivity contribution in [2.45, 2.75) is 12.5 Å². The van der Waals surface area contributed by atoms with Gasteiger partial charge in [-0.15, -0.1) is 0 Å². The summed E-state index contributed by atoms with van der Waals surface area (Å²) in [4.78, 5) is 19.1. The summed E-state index contributed by atoms with van der Waals surface area (Å²) in [5.41, 5.74) is 0. The Morgan fingerprint density at radius 2 is 1.54 bits per heavy atom. The number of hydrogen-bond donors (Lipinski definition) is 1. The van der Waals surface area contributed by atoms with Crippen molar-refractivity contribution in [3.63, 3.8) is 0 Å². The van der Waals surface area contributed by atoms with Gasteiger partial charge in [0, 0.05) is 12.4 Å². The molecule has 3 N–H and O–H groups in total. The minimum absolute atomic E-state index is 0. The number of carboxylic acids is 2. The van der Waals surface area contributed by atoms with Crippen molar-refractivity contribution >= 4 is 49.7 Å². The molecule has 0 saturated carbocycles. The molecule has 0 saturated heterocycles. The summed E-state index contributed by atoms with van der Waals surface area (Å²) in [7, 11) is 0. The average Bonchev–Trinajstić information content (AvgIpc) is 1.63. The van der Waals surface area contributed by atoms with Gasteiger partial charge in [-0.25, -0.2) is 0 Å². The van der Waals surface area contributed by atoms with E-state index in [4.69, 9.17) is 5.11 Å². The summed E-state index contributed by atoms with van der Waals surface area (Å²) in [6.45, 7) is 0. The Bertz CT molecular complexity index is 140. The summed E-state index contributed by atoms with van der Waals surface area (Å²) in [6, 6.07) is 0. The normalized spacial score (nSPS) is 8.69. The van der Waals surface area contributed by atoms with Crippen molar-refractivity contribution in [3.05, 3.63) is 0 Å². The van der Waals surface area contributed by atoms with Gasteiger partial charge in [0.05, 0.1) is 12.1 Å². The quantitative estimate of drug-likeness (QED) is 0.506. The molecule has 0 amide bonds. The second-order valence-electron chi connectivity index (χ2n) is 1.41. The Hall–Kier alpha value is 0.703. The Morgan fingerprint density at radius 3 is 1.62 bits per heavy atom. The molecule has 1 atom stereocenters. The van der Waals surface area contributed by atoms with Crippen LogP contribution in [0.4, 0.5) is 0 Å². The fourth-order valence-corrected chi connectivity index (χ4v) is 0.241. The molecule has 0 spiro atoms. The van der Waals surface area contributed by atoms with Crippen LogP contribution in [0.25, 0.3) is 0 Å². The Kier molecular flexibility index (Phi) is 34.1. The number of hydrogen-bond acceptors (Lipinski definition) is 7. The minimum atomic E-state index is -1.96. The predicted molar refractivity (Wildman–Crippen MR) is 30.3 cm³/mol. The number of rotatable bonds is 3. The number of aliphatic hydroxyl groups excluding tert-OH is 1. The molecule has 13 heavy (non-hydrogen) atoms. The molecule has 0 aromatic carbocycles. The summed E-state index contributed by atoms with van der Waals surface area (Å²) in [6.07, 6.45) is -2.89. The monoisotopic (exact) mass is 270 g/mol. The summed E-state index contributed by atoms with van der Waals surface area (Å²) >= 11 is 0. The number of aliphatic hydroxyl groups is 1. The van der Waals surface area contributed by atoms with Gasteiger partial charge in [-0.3, -0.25) is 0 Å². The molecule has 0 aliphatic heterocycles. The van der Waals surface area contributed by atoms with Crippen molar-refractivity contribution in [2.75, 3.05) is 0 Å². The van der Waals surface area contributed by atoms with Crippen LogP contribution in [0.5, 0.6) is 0 Å². The van der Waals surface area contributed by atoms with Crippen LogP contribution in [0.3, 0.4) is 0 Å². The van der Waals surface area contributed by atoms with Crippen LogP contribution in [0.1, 0.15) is 6.42 Å². The Labute approximate surface area is 117 Å². The van der Waals surface area contributed by atoms with E-state index in [0.717, 1.165) is 0 Å². The SMILES string of the molecule is O=C([O-])CC(O)C(=O)[O-].[Ca+2].[OH-].[OH-].[Zn+2]. The van der Waals surface area contributed by atoms with Gasteiger partial charge >= 0.3 is 57.2 Å². The van der Waals surface area contributed by atoms with Crippen LogP contribution in [-0.2, 0) is 29.1 Å². The van der Waals surface area contributed by atoms with Gasteiger partial charge in [-0.1, -0.05) is 0 Å². The van der Waals surface area contributed by atoms with Gasteiger partial charge in [0.15, 0.2) is 0 Å². The van der Waals surface area contributed by atoms with Gasteiger partial charge < -0.3 is 35.9 Å². The fraction of sp³-hybridized carbons (Fsp3) is 0.500. The molecule has 7 nitrogen and oxygen atoms in total. The third kappa shape index (κ3) is 19.2. The minimum Gasteiger partial charge on any atom is -0.870 e. The molecule has 0 aromatic rings. The third-order valence-electron chi connectivity index (χ3n) is 0.632. The van der Waals surface area contributed by atoms with E-state index in [-0.39, 0.29) is 68.2 Å². The van der Waals surface area contributed by atoms with E-state index < -0.39 is 24.5 Å². The summed E-state index contributed by atoms with van der Waals surface area (Å²) in [5, 5.41) is 27.3. The van der Waals surface area contributed by atoms with Gasteiger partial charge in [-0.2, -0.15) is 0 Å². The molecule has 68 valence electrons. The first-order valence-electron chi connectivity index (χ1n) is 2.13. The molecule has 9 heteroatoms. The van der Waals surface area contributed by atoms with E-state index in [1.165, 1.54) is 0 Å². The van der Waals surface area contributed by atoms with Crippen molar-refractivity contribution in [3.8, 4) is 0 Å². The maximum atomic E-state index is 9.58. The number of carbonyl (C=O) groups excluding carboxylic acids is 2. The fourth-order valence-electron chi connectivity index (χ4n) is 0.241. The number of aliphatic carboxylic acids is 2. The molecule has 0 rings (SSSR count). The molecule has 1 unspecified atom stereocenters. The van der Waals surface area contributed by atoms with E-state index in [1.54, 1.807) is 0 Å². The molecule has 0 aliphatic carbocycles. The van der Waals surface area contributed by atoms with Crippen molar-refractivity contribution in [1.29, 1.82) is 0 Å². The van der Waals surface area contributed by atoms with E-state index in [0.29, 0.717) is 0 Å². The summed E-state index contributed by atoms with van der Waals surface area (Å²) < 4.78 is 0. The van der Waals surface area contributed by atoms with E-state index in [2.05, 4.69) is 0 Å². The summed E-state index contributed by atoms with van der Waals surface area (Å²) in [5.74, 6) is -3.43. The van der Waals surface area contributed by atoms with Gasteiger partial charge in [0.2, 0.25) is 0 Å². The van der Waals surface area contributed by atoms with Crippen LogP contribution in [0.2, 0.25) is 0 Å². The second-order valence-corrected chi connectivity index (χ2v) is 1.41. The van der Waals surface area contributed by atoms with Crippen molar-refractivity contribution in [1.82, 2.24) is 0 Å². The smallest absolute Gasteiger partial charge is 0.870 e. The van der Waals surface area contributed by atoms with E-state index >= 15 is 0 Å². The number of carboxylic acid groups (broad SMARTS) is 2. The van der Waals surface area contributed by atoms with Gasteiger partial charge in [0.25, 0.3) is 0 Å². The van der Waals surface area contributed by atoms with Crippen molar-refractivity contribution in [2.24, 2.45) is 0 Å². The predicted octanol–water partition coefficient (Wildman–Crippen LogP) is -4.50. The average molecular weight is 272 g/mol. The van der Waals surface area contributed by atoms with Crippen LogP contribution < -0.4 is 10.2 Å². The van der Waals surface area contributed by atoms with Gasteiger partial charge in [0.1, 0.15) is 0 Å². The number of carbonyl (C=O) groups is 2. The van der Waals surface area contributed by atoms with Gasteiger partial charge in [-0.05, 0) is 0 Å². The first-order valence-corrected chi connectivity index (χ1v) is 2.13. The van der Waals surface area contributed by atoms with Crippen LogP contribution in [-0.4, -0.2) is 71.8 Å². The van der Waals surface area contributed by atoms with E-state index in [9.17, 15) is 19.8 Å². The zero-order valence-electron chi connectivity index (χ0n) is 6.67. The first-order chi connectivity index (χ1) is 4.04. The molecule has 0 fully saturated rings. The zero-order valence-corrected chi connectivity index (χ0v) is 11.8. The maximum Gasteiger partial charge on any atom is 2.00 e. The molecule has 0 bridgehead atoms. The van der Waals surface area contributed by atoms with Crippen molar-refractivity contribution < 1.29 is 55.3 Å². The molecular formula is C4H6CaO7Zn. The Morgan fingerprint density at radius 1 is 1.23 bits per heavy atom. The second kappa shape index (κ2) is 15.2. The van der Waals surface area contributed by atoms with E-state index in [1.807, 2.05) is 0 Å². The van der Waals surface area contributed by atoms with Crippen LogP contribution in [0, 0.1) is 0 Å².